The molecule has 0 radical (unpaired) electrons. The van der Waals surface area contributed by atoms with Gasteiger partial charge in [0.05, 0.1) is 7.11 Å². The number of benzene rings is 1. The molecule has 1 aromatic heterocycles. The van der Waals surface area contributed by atoms with E-state index in [0.29, 0.717) is 24.2 Å². The molecule has 0 N–H and O–H groups in total. The Morgan fingerprint density at radius 3 is 2.71 bits per heavy atom. The van der Waals surface area contributed by atoms with Crippen molar-refractivity contribution in [2.75, 3.05) is 26.8 Å². The van der Waals surface area contributed by atoms with Gasteiger partial charge in [-0.05, 0) is 25.0 Å². The van der Waals surface area contributed by atoms with E-state index in [0.717, 1.165) is 12.8 Å². The van der Waals surface area contributed by atoms with Gasteiger partial charge in [-0.1, -0.05) is 12.1 Å². The Hall–Kier alpha value is -2.83. The normalized spacial score (nSPS) is 14.0. The SMILES string of the molecule is COc1cccc2cc(C(=O)OCC(=O)N3CCCC3)c(=O)oc12. The number of nitrogens with zero attached hydrogens (tertiary/aromatic N) is 1. The molecule has 0 unspecified atom stereocenters. The fraction of sp³-hybridized carbons (Fsp3) is 0.353. The van der Waals surface area contributed by atoms with Crippen LogP contribution in [0.3, 0.4) is 0 Å². The van der Waals surface area contributed by atoms with Crippen molar-refractivity contribution in [1.82, 2.24) is 4.90 Å². The van der Waals surface area contributed by atoms with Gasteiger partial charge in [0.2, 0.25) is 0 Å². The Morgan fingerprint density at radius 1 is 1.25 bits per heavy atom. The first-order valence-corrected chi connectivity index (χ1v) is 7.66. The molecule has 1 amide bonds. The number of carbonyl (C=O) groups excluding carboxylic acids is 2. The summed E-state index contributed by atoms with van der Waals surface area (Å²) in [6, 6.07) is 6.43. The summed E-state index contributed by atoms with van der Waals surface area (Å²) in [6.07, 6.45) is 1.91. The minimum atomic E-state index is -0.874. The summed E-state index contributed by atoms with van der Waals surface area (Å²) in [5, 5.41) is 0.534. The lowest BCUT2D eigenvalue weighted by molar-refractivity contribution is -0.133. The number of methoxy groups -OCH3 is 1. The van der Waals surface area contributed by atoms with Crippen LogP contribution < -0.4 is 10.4 Å². The smallest absolute Gasteiger partial charge is 0.351 e. The number of hydrogen-bond acceptors (Lipinski definition) is 6. The van der Waals surface area contributed by atoms with Crippen LogP contribution in [0.4, 0.5) is 0 Å². The van der Waals surface area contributed by atoms with Gasteiger partial charge in [-0.3, -0.25) is 4.79 Å². The number of ether oxygens (including phenoxy) is 2. The first kappa shape index (κ1) is 16.0. The van der Waals surface area contributed by atoms with Gasteiger partial charge in [-0.2, -0.15) is 0 Å². The first-order valence-electron chi connectivity index (χ1n) is 7.66. The zero-order chi connectivity index (χ0) is 17.1. The highest BCUT2D eigenvalue weighted by Crippen LogP contribution is 2.24. The summed E-state index contributed by atoms with van der Waals surface area (Å²) >= 11 is 0. The second-order valence-corrected chi connectivity index (χ2v) is 5.49. The molecular formula is C17H17NO6. The number of fused-ring (bicyclic) bond motifs is 1. The van der Waals surface area contributed by atoms with Crippen LogP contribution in [0.1, 0.15) is 23.2 Å². The first-order chi connectivity index (χ1) is 11.6. The average Bonchev–Trinajstić information content (AvgIpc) is 3.13. The van der Waals surface area contributed by atoms with Crippen molar-refractivity contribution >= 4 is 22.8 Å². The molecule has 1 saturated heterocycles. The van der Waals surface area contributed by atoms with E-state index in [1.165, 1.54) is 13.2 Å². The molecule has 0 atom stereocenters. The molecule has 1 fully saturated rings. The fourth-order valence-corrected chi connectivity index (χ4v) is 2.68. The van der Waals surface area contributed by atoms with E-state index in [4.69, 9.17) is 13.9 Å². The monoisotopic (exact) mass is 331 g/mol. The van der Waals surface area contributed by atoms with Crippen LogP contribution in [0, 0.1) is 0 Å². The molecule has 24 heavy (non-hydrogen) atoms. The maximum Gasteiger partial charge on any atom is 0.351 e. The number of amides is 1. The number of likely N-dealkylation sites (tertiary alicyclic amines) is 1. The van der Waals surface area contributed by atoms with Gasteiger partial charge in [0.25, 0.3) is 5.91 Å². The van der Waals surface area contributed by atoms with Gasteiger partial charge < -0.3 is 18.8 Å². The lowest BCUT2D eigenvalue weighted by Crippen LogP contribution is -2.32. The molecule has 0 aliphatic carbocycles. The van der Waals surface area contributed by atoms with Gasteiger partial charge in [0, 0.05) is 18.5 Å². The predicted octanol–water partition coefficient (Wildman–Crippen LogP) is 1.58. The number of hydrogen-bond donors (Lipinski definition) is 0. The maximum absolute atomic E-state index is 12.1. The predicted molar refractivity (Wildman–Crippen MR) is 85.1 cm³/mol. The zero-order valence-electron chi connectivity index (χ0n) is 13.2. The molecular weight excluding hydrogens is 314 g/mol. The van der Waals surface area contributed by atoms with Crippen molar-refractivity contribution in [3.63, 3.8) is 0 Å². The van der Waals surface area contributed by atoms with Crippen LogP contribution in [-0.2, 0) is 9.53 Å². The quantitative estimate of drug-likeness (QED) is 0.624. The van der Waals surface area contributed by atoms with Gasteiger partial charge in [0.1, 0.15) is 5.56 Å². The molecule has 1 aliphatic rings. The third-order valence-electron chi connectivity index (χ3n) is 3.95. The molecule has 0 saturated carbocycles. The van der Waals surface area contributed by atoms with Crippen LogP contribution in [0.5, 0.6) is 5.75 Å². The van der Waals surface area contributed by atoms with Crippen molar-refractivity contribution in [2.24, 2.45) is 0 Å². The Morgan fingerprint density at radius 2 is 2.00 bits per heavy atom. The molecule has 1 aliphatic heterocycles. The number of para-hydroxylation sites is 1. The van der Waals surface area contributed by atoms with E-state index in [2.05, 4.69) is 0 Å². The van der Waals surface area contributed by atoms with Crippen molar-refractivity contribution in [3.05, 3.63) is 40.2 Å². The van der Waals surface area contributed by atoms with Crippen molar-refractivity contribution in [3.8, 4) is 5.75 Å². The molecule has 3 rings (SSSR count). The molecule has 0 bridgehead atoms. The molecule has 2 heterocycles. The fourth-order valence-electron chi connectivity index (χ4n) is 2.68. The van der Waals surface area contributed by atoms with Gasteiger partial charge in [-0.15, -0.1) is 0 Å². The van der Waals surface area contributed by atoms with Crippen molar-refractivity contribution < 1.29 is 23.5 Å². The maximum atomic E-state index is 12.1. The standard InChI is InChI=1S/C17H17NO6/c1-22-13-6-4-5-11-9-12(17(21)24-15(11)13)16(20)23-10-14(19)18-7-2-3-8-18/h4-6,9H,2-3,7-8,10H2,1H3. The van der Waals surface area contributed by atoms with Crippen LogP contribution in [0.2, 0.25) is 0 Å². The van der Waals surface area contributed by atoms with Gasteiger partial charge in [-0.25, -0.2) is 9.59 Å². The van der Waals surface area contributed by atoms with Gasteiger partial charge >= 0.3 is 11.6 Å². The highest BCUT2D eigenvalue weighted by atomic mass is 16.5. The van der Waals surface area contributed by atoms with E-state index < -0.39 is 11.6 Å². The Balaban J connectivity index is 1.78. The highest BCUT2D eigenvalue weighted by molar-refractivity contribution is 5.95. The van der Waals surface area contributed by atoms with E-state index in [1.807, 2.05) is 0 Å². The molecule has 2 aromatic rings. The summed E-state index contributed by atoms with van der Waals surface area (Å²) in [4.78, 5) is 37.7. The Labute approximate surface area is 137 Å². The van der Waals surface area contributed by atoms with Crippen LogP contribution in [0.15, 0.2) is 33.5 Å². The van der Waals surface area contributed by atoms with E-state index in [1.54, 1.807) is 23.1 Å². The lowest BCUT2D eigenvalue weighted by atomic mass is 10.2. The van der Waals surface area contributed by atoms with E-state index >= 15 is 0 Å². The highest BCUT2D eigenvalue weighted by Gasteiger charge is 2.21. The number of esters is 1. The molecule has 7 heteroatoms. The molecule has 0 spiro atoms. The number of rotatable bonds is 4. The van der Waals surface area contributed by atoms with E-state index in [-0.39, 0.29) is 23.7 Å². The third-order valence-corrected chi connectivity index (χ3v) is 3.95. The third kappa shape index (κ3) is 3.10. The summed E-state index contributed by atoms with van der Waals surface area (Å²) in [6.45, 7) is 0.969. The summed E-state index contributed by atoms with van der Waals surface area (Å²) < 4.78 is 15.3. The molecule has 126 valence electrons. The molecule has 1 aromatic carbocycles. The summed E-state index contributed by atoms with van der Waals surface area (Å²) in [5.74, 6) is -0.734. The van der Waals surface area contributed by atoms with Crippen LogP contribution in [-0.4, -0.2) is 43.6 Å². The second kappa shape index (κ2) is 6.74. The molecule has 7 nitrogen and oxygen atoms in total. The van der Waals surface area contributed by atoms with Crippen molar-refractivity contribution in [1.29, 1.82) is 0 Å². The topological polar surface area (TPSA) is 86.0 Å². The summed E-state index contributed by atoms with van der Waals surface area (Å²) in [5.41, 5.74) is -0.815. The Bertz CT molecular complexity index is 835. The van der Waals surface area contributed by atoms with Crippen molar-refractivity contribution in [2.45, 2.75) is 12.8 Å². The average molecular weight is 331 g/mol. The van der Waals surface area contributed by atoms with Crippen LogP contribution in [0.25, 0.3) is 11.0 Å². The minimum Gasteiger partial charge on any atom is -0.493 e. The second-order valence-electron chi connectivity index (χ2n) is 5.49. The zero-order valence-corrected chi connectivity index (χ0v) is 13.2. The number of carbonyl (C=O) groups is 2. The minimum absolute atomic E-state index is 0.245. The lowest BCUT2D eigenvalue weighted by Gasteiger charge is -2.14. The van der Waals surface area contributed by atoms with Gasteiger partial charge in [0.15, 0.2) is 17.9 Å². The largest absolute Gasteiger partial charge is 0.493 e. The van der Waals surface area contributed by atoms with Crippen LogP contribution >= 0.6 is 0 Å². The Kier molecular flexibility index (Phi) is 4.50. The van der Waals surface area contributed by atoms with E-state index in [9.17, 15) is 14.4 Å². The summed E-state index contributed by atoms with van der Waals surface area (Å²) in [7, 11) is 1.46.